The van der Waals surface area contributed by atoms with Gasteiger partial charge in [0.1, 0.15) is 5.75 Å². The first kappa shape index (κ1) is 20.4. The molecule has 0 spiro atoms. The Morgan fingerprint density at radius 3 is 2.04 bits per heavy atom. The van der Waals surface area contributed by atoms with Gasteiger partial charge < -0.3 is 4.74 Å². The number of sulfone groups is 1. The van der Waals surface area contributed by atoms with Gasteiger partial charge in [-0.2, -0.15) is 0 Å². The van der Waals surface area contributed by atoms with Crippen molar-refractivity contribution in [3.8, 4) is 5.75 Å². The van der Waals surface area contributed by atoms with E-state index < -0.39 is 25.9 Å². The van der Waals surface area contributed by atoms with Gasteiger partial charge in [-0.25, -0.2) is 21.6 Å². The smallest absolute Gasteiger partial charge is 0.241 e. The van der Waals surface area contributed by atoms with Crippen LogP contribution in [0.1, 0.15) is 30.5 Å². The number of aryl methyl sites for hydroxylation is 1. The fourth-order valence-corrected chi connectivity index (χ4v) is 4.57. The van der Waals surface area contributed by atoms with E-state index in [1.807, 2.05) is 32.0 Å². The molecule has 0 aliphatic heterocycles. The van der Waals surface area contributed by atoms with E-state index in [9.17, 15) is 16.8 Å². The molecule has 0 amide bonds. The number of nitrogens with one attached hydrogen (secondary N) is 1. The minimum atomic E-state index is -3.79. The maximum atomic E-state index is 12.7. The molecule has 1 unspecified atom stereocenters. The largest absolute Gasteiger partial charge is 0.496 e. The van der Waals surface area contributed by atoms with Crippen molar-refractivity contribution in [2.75, 3.05) is 13.4 Å². The lowest BCUT2D eigenvalue weighted by Crippen LogP contribution is -2.28. The van der Waals surface area contributed by atoms with Crippen LogP contribution in [0.3, 0.4) is 0 Å². The molecule has 2 aromatic carbocycles. The second kappa shape index (κ2) is 7.77. The standard InChI is InChI=1S/C18H23NO5S2/c1-5-17(14-6-11-18(24-3)13(2)12-14)19-26(22,23)16-9-7-15(8-10-16)25(4,20)21/h6-12,17,19H,5H2,1-4H3. The zero-order valence-electron chi connectivity index (χ0n) is 15.2. The van der Waals surface area contributed by atoms with Crippen LogP contribution in [0.5, 0.6) is 5.75 Å². The van der Waals surface area contributed by atoms with Crippen LogP contribution in [0, 0.1) is 6.92 Å². The van der Waals surface area contributed by atoms with Crippen LogP contribution in [-0.2, 0) is 19.9 Å². The molecule has 0 aromatic heterocycles. The molecular weight excluding hydrogens is 374 g/mol. The quantitative estimate of drug-likeness (QED) is 0.776. The summed E-state index contributed by atoms with van der Waals surface area (Å²) in [6.45, 7) is 3.78. The molecule has 0 aliphatic carbocycles. The molecule has 0 bridgehead atoms. The van der Waals surface area contributed by atoms with Crippen molar-refractivity contribution < 1.29 is 21.6 Å². The number of sulfonamides is 1. The Morgan fingerprint density at radius 2 is 1.58 bits per heavy atom. The Hall–Kier alpha value is -1.90. The topological polar surface area (TPSA) is 89.5 Å². The van der Waals surface area contributed by atoms with Gasteiger partial charge in [0.05, 0.1) is 16.9 Å². The molecule has 1 atom stereocenters. The summed E-state index contributed by atoms with van der Waals surface area (Å²) in [5.74, 6) is 0.739. The maximum absolute atomic E-state index is 12.7. The minimum Gasteiger partial charge on any atom is -0.496 e. The van der Waals surface area contributed by atoms with E-state index >= 15 is 0 Å². The molecule has 0 saturated carbocycles. The molecule has 0 fully saturated rings. The lowest BCUT2D eigenvalue weighted by Gasteiger charge is -2.19. The maximum Gasteiger partial charge on any atom is 0.241 e. The molecule has 8 heteroatoms. The third kappa shape index (κ3) is 4.63. The minimum absolute atomic E-state index is 0.0218. The van der Waals surface area contributed by atoms with Crippen LogP contribution in [0.4, 0.5) is 0 Å². The van der Waals surface area contributed by atoms with E-state index in [0.29, 0.717) is 6.42 Å². The number of hydrogen-bond acceptors (Lipinski definition) is 5. The highest BCUT2D eigenvalue weighted by molar-refractivity contribution is 7.90. The van der Waals surface area contributed by atoms with Gasteiger partial charge in [0.2, 0.25) is 10.0 Å². The van der Waals surface area contributed by atoms with Crippen LogP contribution >= 0.6 is 0 Å². The van der Waals surface area contributed by atoms with Gasteiger partial charge in [0.25, 0.3) is 0 Å². The first-order valence-corrected chi connectivity index (χ1v) is 11.4. The number of benzene rings is 2. The molecule has 0 aliphatic rings. The van der Waals surface area contributed by atoms with E-state index in [0.717, 1.165) is 23.1 Å². The van der Waals surface area contributed by atoms with Crippen LogP contribution < -0.4 is 9.46 Å². The number of methoxy groups -OCH3 is 1. The summed E-state index contributed by atoms with van der Waals surface area (Å²) >= 11 is 0. The lowest BCUT2D eigenvalue weighted by atomic mass is 10.0. The van der Waals surface area contributed by atoms with Crippen LogP contribution in [0.2, 0.25) is 0 Å². The fourth-order valence-electron chi connectivity index (χ4n) is 2.63. The van der Waals surface area contributed by atoms with E-state index in [1.54, 1.807) is 7.11 Å². The normalized spacial score (nSPS) is 13.4. The van der Waals surface area contributed by atoms with E-state index in [-0.39, 0.29) is 9.79 Å². The average Bonchev–Trinajstić information content (AvgIpc) is 2.59. The van der Waals surface area contributed by atoms with Gasteiger partial charge >= 0.3 is 0 Å². The van der Waals surface area contributed by atoms with Crippen LogP contribution in [0.25, 0.3) is 0 Å². The van der Waals surface area contributed by atoms with E-state index in [1.165, 1.54) is 24.3 Å². The van der Waals surface area contributed by atoms with E-state index in [4.69, 9.17) is 4.74 Å². The Bertz CT molecular complexity index is 981. The van der Waals surface area contributed by atoms with Gasteiger partial charge in [-0.05, 0) is 54.8 Å². The molecule has 2 rings (SSSR count). The van der Waals surface area contributed by atoms with Gasteiger partial charge in [0, 0.05) is 12.3 Å². The summed E-state index contributed by atoms with van der Waals surface area (Å²) in [5, 5.41) is 0. The highest BCUT2D eigenvalue weighted by atomic mass is 32.2. The number of rotatable bonds is 7. The lowest BCUT2D eigenvalue weighted by molar-refractivity contribution is 0.411. The molecular formula is C18H23NO5S2. The summed E-state index contributed by atoms with van der Waals surface area (Å²) in [5.41, 5.74) is 1.75. The number of ether oxygens (including phenoxy) is 1. The first-order chi connectivity index (χ1) is 12.1. The van der Waals surface area contributed by atoms with Crippen molar-refractivity contribution in [2.24, 2.45) is 0 Å². The average molecular weight is 398 g/mol. The highest BCUT2D eigenvalue weighted by Crippen LogP contribution is 2.26. The summed E-state index contributed by atoms with van der Waals surface area (Å²) in [6, 6.07) is 10.3. The van der Waals surface area contributed by atoms with Crippen molar-refractivity contribution in [2.45, 2.75) is 36.1 Å². The van der Waals surface area contributed by atoms with Crippen molar-refractivity contribution in [1.29, 1.82) is 0 Å². The Labute approximate surface area is 155 Å². The molecule has 0 heterocycles. The fraction of sp³-hybridized carbons (Fsp3) is 0.333. The highest BCUT2D eigenvalue weighted by Gasteiger charge is 2.21. The first-order valence-electron chi connectivity index (χ1n) is 8.05. The molecule has 26 heavy (non-hydrogen) atoms. The van der Waals surface area contributed by atoms with Crippen molar-refractivity contribution in [3.63, 3.8) is 0 Å². The summed E-state index contributed by atoms with van der Waals surface area (Å²) in [7, 11) is -5.58. The summed E-state index contributed by atoms with van der Waals surface area (Å²) in [4.78, 5) is 0.0999. The molecule has 2 aromatic rings. The molecule has 0 saturated heterocycles. The Balaban J connectivity index is 2.30. The molecule has 6 nitrogen and oxygen atoms in total. The second-order valence-electron chi connectivity index (χ2n) is 6.05. The summed E-state index contributed by atoms with van der Waals surface area (Å²) in [6.07, 6.45) is 1.64. The van der Waals surface area contributed by atoms with Crippen molar-refractivity contribution in [1.82, 2.24) is 4.72 Å². The zero-order valence-corrected chi connectivity index (χ0v) is 16.8. The number of hydrogen-bond donors (Lipinski definition) is 1. The third-order valence-electron chi connectivity index (χ3n) is 4.09. The van der Waals surface area contributed by atoms with E-state index in [2.05, 4.69) is 4.72 Å². The Morgan fingerprint density at radius 1 is 1.00 bits per heavy atom. The van der Waals surface area contributed by atoms with Crippen molar-refractivity contribution in [3.05, 3.63) is 53.6 Å². The molecule has 0 radical (unpaired) electrons. The van der Waals surface area contributed by atoms with Gasteiger partial charge in [-0.3, -0.25) is 0 Å². The van der Waals surface area contributed by atoms with Gasteiger partial charge in [-0.1, -0.05) is 19.1 Å². The SMILES string of the molecule is CCC(NS(=O)(=O)c1ccc(S(C)(=O)=O)cc1)c1ccc(OC)c(C)c1. The predicted molar refractivity (Wildman–Crippen MR) is 101 cm³/mol. The third-order valence-corrected chi connectivity index (χ3v) is 6.71. The van der Waals surface area contributed by atoms with Crippen LogP contribution in [-0.4, -0.2) is 30.2 Å². The van der Waals surface area contributed by atoms with Crippen LogP contribution in [0.15, 0.2) is 52.3 Å². The second-order valence-corrected chi connectivity index (χ2v) is 9.78. The van der Waals surface area contributed by atoms with Crippen molar-refractivity contribution >= 4 is 19.9 Å². The summed E-state index contributed by atoms with van der Waals surface area (Å²) < 4.78 is 56.3. The monoisotopic (exact) mass is 397 g/mol. The predicted octanol–water partition coefficient (Wildman–Crippen LogP) is 2.84. The van der Waals surface area contributed by atoms with Gasteiger partial charge in [-0.15, -0.1) is 0 Å². The zero-order chi connectivity index (χ0) is 19.5. The van der Waals surface area contributed by atoms with Gasteiger partial charge in [0.15, 0.2) is 9.84 Å². The molecule has 1 N–H and O–H groups in total. The Kier molecular flexibility index (Phi) is 6.10. The molecule has 142 valence electrons.